The summed E-state index contributed by atoms with van der Waals surface area (Å²) < 4.78 is 5.66. The molecule has 0 N–H and O–H groups in total. The lowest BCUT2D eigenvalue weighted by atomic mass is 10.0. The Labute approximate surface area is 260 Å². The summed E-state index contributed by atoms with van der Waals surface area (Å²) in [6.07, 6.45) is 46.0. The fraction of sp³-hybridized carbons (Fsp3) is 0.974. The summed E-state index contributed by atoms with van der Waals surface area (Å²) in [5.74, 6) is 0.0270. The van der Waals surface area contributed by atoms with Crippen molar-refractivity contribution in [2.75, 3.05) is 0 Å². The average Bonchev–Trinajstić information content (AvgIpc) is 2.96. The first-order chi connectivity index (χ1) is 20.2. The molecular formula is C39H78O2. The van der Waals surface area contributed by atoms with E-state index in [9.17, 15) is 4.79 Å². The highest BCUT2D eigenvalue weighted by Gasteiger charge is 2.09. The molecule has 0 aromatic heterocycles. The van der Waals surface area contributed by atoms with Crippen LogP contribution < -0.4 is 0 Å². The molecule has 1 atom stereocenters. The van der Waals surface area contributed by atoms with Crippen molar-refractivity contribution in [1.82, 2.24) is 0 Å². The van der Waals surface area contributed by atoms with Gasteiger partial charge in [0.2, 0.25) is 0 Å². The Hall–Kier alpha value is -0.530. The van der Waals surface area contributed by atoms with E-state index in [1.807, 2.05) is 0 Å². The Kier molecular flexibility index (Phi) is 35.2. The van der Waals surface area contributed by atoms with E-state index in [4.69, 9.17) is 4.74 Å². The van der Waals surface area contributed by atoms with Crippen LogP contribution >= 0.6 is 0 Å². The molecule has 1 unspecified atom stereocenters. The van der Waals surface area contributed by atoms with Crippen LogP contribution in [0.3, 0.4) is 0 Å². The number of carbonyl (C=O) groups excluding carboxylic acids is 1. The molecule has 0 rings (SSSR count). The lowest BCUT2D eigenvalue weighted by Crippen LogP contribution is -2.14. The number of carbonyl (C=O) groups is 1. The topological polar surface area (TPSA) is 26.3 Å². The van der Waals surface area contributed by atoms with E-state index in [-0.39, 0.29) is 12.1 Å². The van der Waals surface area contributed by atoms with E-state index < -0.39 is 0 Å². The third-order valence-corrected chi connectivity index (χ3v) is 9.03. The van der Waals surface area contributed by atoms with E-state index in [1.54, 1.807) is 0 Å². The Morgan fingerprint density at radius 2 is 0.634 bits per heavy atom. The maximum atomic E-state index is 12.1. The van der Waals surface area contributed by atoms with Crippen LogP contribution in [0.2, 0.25) is 0 Å². The Bertz CT molecular complexity index is 488. The molecule has 2 heteroatoms. The predicted molar refractivity (Wildman–Crippen MR) is 184 cm³/mol. The summed E-state index contributed by atoms with van der Waals surface area (Å²) in [4.78, 5) is 12.1. The quantitative estimate of drug-likeness (QED) is 0.0552. The maximum Gasteiger partial charge on any atom is 0.306 e. The van der Waals surface area contributed by atoms with Crippen LogP contribution in [0.1, 0.15) is 239 Å². The Morgan fingerprint density at radius 1 is 0.390 bits per heavy atom. The summed E-state index contributed by atoms with van der Waals surface area (Å²) >= 11 is 0. The van der Waals surface area contributed by atoms with Gasteiger partial charge >= 0.3 is 5.97 Å². The third kappa shape index (κ3) is 35.6. The number of rotatable bonds is 35. The van der Waals surface area contributed by atoms with Crippen molar-refractivity contribution in [2.24, 2.45) is 0 Å². The second kappa shape index (κ2) is 35.7. The molecule has 0 amide bonds. The van der Waals surface area contributed by atoms with Crippen molar-refractivity contribution < 1.29 is 9.53 Å². The largest absolute Gasteiger partial charge is 0.463 e. The smallest absolute Gasteiger partial charge is 0.306 e. The number of esters is 1. The van der Waals surface area contributed by atoms with Crippen LogP contribution in [0.5, 0.6) is 0 Å². The van der Waals surface area contributed by atoms with Crippen molar-refractivity contribution in [1.29, 1.82) is 0 Å². The van der Waals surface area contributed by atoms with Crippen LogP contribution in [0.4, 0.5) is 0 Å². The third-order valence-electron chi connectivity index (χ3n) is 9.03. The molecular weight excluding hydrogens is 500 g/mol. The van der Waals surface area contributed by atoms with Gasteiger partial charge in [-0.1, -0.05) is 206 Å². The lowest BCUT2D eigenvalue weighted by Gasteiger charge is -2.13. The molecule has 246 valence electrons. The first-order valence-electron chi connectivity index (χ1n) is 19.4. The van der Waals surface area contributed by atoms with Crippen molar-refractivity contribution >= 4 is 5.97 Å². The van der Waals surface area contributed by atoms with E-state index >= 15 is 0 Å². The lowest BCUT2D eigenvalue weighted by molar-refractivity contribution is -0.148. The molecule has 41 heavy (non-hydrogen) atoms. The molecule has 0 aliphatic rings. The highest BCUT2D eigenvalue weighted by atomic mass is 16.5. The summed E-state index contributed by atoms with van der Waals surface area (Å²) in [5.41, 5.74) is 0. The number of unbranched alkanes of at least 4 members (excludes halogenated alkanes) is 30. The standard InChI is InChI=1S/C39H78O2/c1-4-6-8-10-12-14-16-18-20-21-23-24-26-28-30-32-34-36-38(3)41-39(40)37-35-33-31-29-27-25-22-19-17-15-13-11-9-7-5-2/h38H,4-37H2,1-3H3. The zero-order valence-electron chi connectivity index (χ0n) is 28.9. The van der Waals surface area contributed by atoms with Gasteiger partial charge in [-0.15, -0.1) is 0 Å². The first kappa shape index (κ1) is 40.5. The van der Waals surface area contributed by atoms with Crippen molar-refractivity contribution in [2.45, 2.75) is 245 Å². The minimum Gasteiger partial charge on any atom is -0.463 e. The second-order valence-electron chi connectivity index (χ2n) is 13.4. The predicted octanol–water partition coefficient (Wildman–Crippen LogP) is 14.2. The minimum atomic E-state index is 0.0270. The van der Waals surface area contributed by atoms with Gasteiger partial charge in [0, 0.05) is 6.42 Å². The monoisotopic (exact) mass is 579 g/mol. The van der Waals surface area contributed by atoms with Crippen LogP contribution in [-0.2, 0) is 9.53 Å². The zero-order chi connectivity index (χ0) is 29.9. The number of hydrogen-bond donors (Lipinski definition) is 0. The SMILES string of the molecule is CCCCCCCCCCCCCCCCCCCC(C)OC(=O)CCCCCCCCCCCCCCCCC. The Balaban J connectivity index is 3.26. The minimum absolute atomic E-state index is 0.0270. The number of ether oxygens (including phenoxy) is 1. The van der Waals surface area contributed by atoms with Gasteiger partial charge in [0.1, 0.15) is 0 Å². The molecule has 0 aromatic carbocycles. The van der Waals surface area contributed by atoms with Gasteiger partial charge in [-0.3, -0.25) is 4.79 Å². The molecule has 0 fully saturated rings. The van der Waals surface area contributed by atoms with Gasteiger partial charge in [0.25, 0.3) is 0 Å². The molecule has 0 saturated heterocycles. The zero-order valence-corrected chi connectivity index (χ0v) is 28.9. The van der Waals surface area contributed by atoms with Crippen LogP contribution in [0.25, 0.3) is 0 Å². The van der Waals surface area contributed by atoms with E-state index in [0.717, 1.165) is 12.8 Å². The van der Waals surface area contributed by atoms with Crippen molar-refractivity contribution in [3.8, 4) is 0 Å². The van der Waals surface area contributed by atoms with Crippen molar-refractivity contribution in [3.05, 3.63) is 0 Å². The normalized spacial score (nSPS) is 12.2. The summed E-state index contributed by atoms with van der Waals surface area (Å²) in [6, 6.07) is 0. The highest BCUT2D eigenvalue weighted by Crippen LogP contribution is 2.16. The van der Waals surface area contributed by atoms with Crippen LogP contribution in [0, 0.1) is 0 Å². The van der Waals surface area contributed by atoms with Crippen molar-refractivity contribution in [3.63, 3.8) is 0 Å². The fourth-order valence-electron chi connectivity index (χ4n) is 6.14. The first-order valence-corrected chi connectivity index (χ1v) is 19.4. The molecule has 0 aromatic rings. The molecule has 0 aliphatic carbocycles. The van der Waals surface area contributed by atoms with E-state index in [0.29, 0.717) is 6.42 Å². The fourth-order valence-corrected chi connectivity index (χ4v) is 6.14. The highest BCUT2D eigenvalue weighted by molar-refractivity contribution is 5.69. The molecule has 2 nitrogen and oxygen atoms in total. The van der Waals surface area contributed by atoms with Crippen LogP contribution in [0.15, 0.2) is 0 Å². The van der Waals surface area contributed by atoms with Gasteiger partial charge in [-0.25, -0.2) is 0 Å². The van der Waals surface area contributed by atoms with Gasteiger partial charge in [-0.2, -0.15) is 0 Å². The molecule has 0 radical (unpaired) electrons. The van der Waals surface area contributed by atoms with E-state index in [1.165, 1.54) is 199 Å². The van der Waals surface area contributed by atoms with Gasteiger partial charge in [0.05, 0.1) is 6.10 Å². The summed E-state index contributed by atoms with van der Waals surface area (Å²) in [5, 5.41) is 0. The summed E-state index contributed by atoms with van der Waals surface area (Å²) in [6.45, 7) is 6.67. The molecule has 0 bridgehead atoms. The van der Waals surface area contributed by atoms with Gasteiger partial charge in [0.15, 0.2) is 0 Å². The molecule has 0 aliphatic heterocycles. The molecule has 0 saturated carbocycles. The Morgan fingerprint density at radius 3 is 0.927 bits per heavy atom. The molecule has 0 heterocycles. The maximum absolute atomic E-state index is 12.1. The number of hydrogen-bond acceptors (Lipinski definition) is 2. The molecule has 0 spiro atoms. The van der Waals surface area contributed by atoms with Crippen LogP contribution in [-0.4, -0.2) is 12.1 Å². The van der Waals surface area contributed by atoms with E-state index in [2.05, 4.69) is 20.8 Å². The summed E-state index contributed by atoms with van der Waals surface area (Å²) in [7, 11) is 0. The average molecular weight is 579 g/mol. The van der Waals surface area contributed by atoms with Gasteiger partial charge in [-0.05, 0) is 26.2 Å². The van der Waals surface area contributed by atoms with Gasteiger partial charge < -0.3 is 4.74 Å². The second-order valence-corrected chi connectivity index (χ2v) is 13.4.